The van der Waals surface area contributed by atoms with Gasteiger partial charge in [0.1, 0.15) is 11.3 Å². The molecule has 0 spiro atoms. The predicted molar refractivity (Wildman–Crippen MR) is 123 cm³/mol. The Hall–Kier alpha value is -3.86. The van der Waals surface area contributed by atoms with Gasteiger partial charge in [-0.3, -0.25) is 9.59 Å². The molecule has 1 aromatic heterocycles. The summed E-state index contributed by atoms with van der Waals surface area (Å²) in [7, 11) is 0. The largest absolute Gasteiger partial charge is 0.449 e. The second kappa shape index (κ2) is 8.88. The fourth-order valence-corrected chi connectivity index (χ4v) is 3.44. The number of aryl methyl sites for hydroxylation is 3. The minimum Gasteiger partial charge on any atom is -0.449 e. The summed E-state index contributed by atoms with van der Waals surface area (Å²) in [6, 6.07) is 22.8. The first-order valence-corrected chi connectivity index (χ1v) is 10.2. The molecule has 2 N–H and O–H groups in total. The molecule has 0 fully saturated rings. The molecule has 0 unspecified atom stereocenters. The van der Waals surface area contributed by atoms with E-state index >= 15 is 0 Å². The number of para-hydroxylation sites is 1. The fraction of sp³-hybridized carbons (Fsp3) is 0.154. The van der Waals surface area contributed by atoms with Gasteiger partial charge in [0.25, 0.3) is 5.91 Å². The molecule has 5 nitrogen and oxygen atoms in total. The lowest BCUT2D eigenvalue weighted by molar-refractivity contribution is -0.116. The van der Waals surface area contributed by atoms with E-state index in [0.29, 0.717) is 35.2 Å². The average Bonchev–Trinajstić information content (AvgIpc) is 3.14. The van der Waals surface area contributed by atoms with Gasteiger partial charge in [-0.15, -0.1) is 0 Å². The minimum atomic E-state index is -0.405. The summed E-state index contributed by atoms with van der Waals surface area (Å²) in [4.78, 5) is 25.7. The monoisotopic (exact) mass is 412 g/mol. The van der Waals surface area contributed by atoms with E-state index in [4.69, 9.17) is 4.42 Å². The topological polar surface area (TPSA) is 71.3 Å². The molecule has 1 heterocycles. The molecule has 5 heteroatoms. The number of carbonyl (C=O) groups excluding carboxylic acids is 2. The SMILES string of the molecule is Cc1ccc(NC(=O)c2oc3ccccc3c2NC(=O)CCc2ccccc2)cc1C. The molecule has 0 aliphatic rings. The summed E-state index contributed by atoms with van der Waals surface area (Å²) in [5, 5.41) is 6.47. The third-order valence-corrected chi connectivity index (χ3v) is 5.31. The Kier molecular flexibility index (Phi) is 5.85. The lowest BCUT2D eigenvalue weighted by Gasteiger charge is -2.09. The van der Waals surface area contributed by atoms with Crippen molar-refractivity contribution in [1.82, 2.24) is 0 Å². The number of furan rings is 1. The molecule has 0 saturated carbocycles. The van der Waals surface area contributed by atoms with Crippen LogP contribution in [0.1, 0.15) is 33.7 Å². The lowest BCUT2D eigenvalue weighted by Crippen LogP contribution is -2.17. The van der Waals surface area contributed by atoms with Crippen molar-refractivity contribution in [2.45, 2.75) is 26.7 Å². The first-order valence-electron chi connectivity index (χ1n) is 10.2. The van der Waals surface area contributed by atoms with Crippen LogP contribution in [-0.2, 0) is 11.2 Å². The molecule has 0 bridgehead atoms. The standard InChI is InChI=1S/C26H24N2O3/c1-17-12-14-20(16-18(17)2)27-26(30)25-24(21-10-6-7-11-22(21)31-25)28-23(29)15-13-19-8-4-3-5-9-19/h3-12,14,16H,13,15H2,1-2H3,(H,27,30)(H,28,29). The third-order valence-electron chi connectivity index (χ3n) is 5.31. The van der Waals surface area contributed by atoms with Crippen molar-refractivity contribution in [1.29, 1.82) is 0 Å². The number of fused-ring (bicyclic) bond motifs is 1. The molecule has 0 aliphatic carbocycles. The zero-order valence-electron chi connectivity index (χ0n) is 17.6. The van der Waals surface area contributed by atoms with Gasteiger partial charge in [0.05, 0.1) is 0 Å². The van der Waals surface area contributed by atoms with E-state index < -0.39 is 5.91 Å². The Balaban J connectivity index is 1.57. The number of carbonyl (C=O) groups is 2. The van der Waals surface area contributed by atoms with E-state index in [-0.39, 0.29) is 11.7 Å². The van der Waals surface area contributed by atoms with Gasteiger partial charge < -0.3 is 15.1 Å². The van der Waals surface area contributed by atoms with E-state index in [1.807, 2.05) is 80.6 Å². The number of nitrogens with one attached hydrogen (secondary N) is 2. The Bertz CT molecular complexity index is 1240. The maximum atomic E-state index is 13.0. The van der Waals surface area contributed by atoms with Crippen molar-refractivity contribution in [3.05, 3.63) is 95.2 Å². The summed E-state index contributed by atoms with van der Waals surface area (Å²) in [6.07, 6.45) is 0.925. The third kappa shape index (κ3) is 4.67. The molecule has 156 valence electrons. The van der Waals surface area contributed by atoms with Crippen LogP contribution in [-0.4, -0.2) is 11.8 Å². The van der Waals surface area contributed by atoms with Gasteiger partial charge in [0.2, 0.25) is 11.7 Å². The maximum Gasteiger partial charge on any atom is 0.293 e. The predicted octanol–water partition coefficient (Wildman–Crippen LogP) is 5.87. The van der Waals surface area contributed by atoms with Crippen LogP contribution in [0, 0.1) is 13.8 Å². The highest BCUT2D eigenvalue weighted by Gasteiger charge is 2.22. The Morgan fingerprint density at radius 1 is 0.839 bits per heavy atom. The van der Waals surface area contributed by atoms with Crippen molar-refractivity contribution in [3.8, 4) is 0 Å². The second-order valence-electron chi connectivity index (χ2n) is 7.59. The van der Waals surface area contributed by atoms with Crippen LogP contribution in [0.2, 0.25) is 0 Å². The van der Waals surface area contributed by atoms with Crippen molar-refractivity contribution < 1.29 is 14.0 Å². The molecule has 31 heavy (non-hydrogen) atoms. The molecule has 4 aromatic rings. The molecule has 4 rings (SSSR count). The average molecular weight is 412 g/mol. The highest BCUT2D eigenvalue weighted by atomic mass is 16.3. The molecular weight excluding hydrogens is 388 g/mol. The van der Waals surface area contributed by atoms with Crippen LogP contribution in [0.15, 0.2) is 77.2 Å². The van der Waals surface area contributed by atoms with Crippen LogP contribution in [0.25, 0.3) is 11.0 Å². The quantitative estimate of drug-likeness (QED) is 0.416. The zero-order valence-corrected chi connectivity index (χ0v) is 17.6. The summed E-state index contributed by atoms with van der Waals surface area (Å²) in [5.41, 5.74) is 4.93. The first-order chi connectivity index (χ1) is 15.0. The van der Waals surface area contributed by atoms with E-state index in [2.05, 4.69) is 10.6 Å². The maximum absolute atomic E-state index is 13.0. The van der Waals surface area contributed by atoms with E-state index in [1.165, 1.54) is 0 Å². The molecular formula is C26H24N2O3. The van der Waals surface area contributed by atoms with Crippen molar-refractivity contribution in [2.75, 3.05) is 10.6 Å². The molecule has 0 radical (unpaired) electrons. The summed E-state index contributed by atoms with van der Waals surface area (Å²) < 4.78 is 5.82. The van der Waals surface area contributed by atoms with Crippen LogP contribution < -0.4 is 10.6 Å². The lowest BCUT2D eigenvalue weighted by atomic mass is 10.1. The molecule has 0 saturated heterocycles. The molecule has 2 amide bonds. The number of rotatable bonds is 6. The van der Waals surface area contributed by atoms with Crippen LogP contribution in [0.4, 0.5) is 11.4 Å². The van der Waals surface area contributed by atoms with Gasteiger partial charge >= 0.3 is 0 Å². The van der Waals surface area contributed by atoms with E-state index in [9.17, 15) is 9.59 Å². The Morgan fingerprint density at radius 3 is 2.35 bits per heavy atom. The Labute approximate surface area is 181 Å². The normalized spacial score (nSPS) is 10.8. The van der Waals surface area contributed by atoms with Crippen molar-refractivity contribution in [3.63, 3.8) is 0 Å². The van der Waals surface area contributed by atoms with Gasteiger partial charge in [-0.1, -0.05) is 48.5 Å². The highest BCUT2D eigenvalue weighted by Crippen LogP contribution is 2.32. The second-order valence-corrected chi connectivity index (χ2v) is 7.59. The van der Waals surface area contributed by atoms with Gasteiger partial charge in [-0.05, 0) is 61.2 Å². The zero-order chi connectivity index (χ0) is 21.8. The summed E-state index contributed by atoms with van der Waals surface area (Å²) in [6.45, 7) is 4.01. The molecule has 3 aromatic carbocycles. The summed E-state index contributed by atoms with van der Waals surface area (Å²) >= 11 is 0. The highest BCUT2D eigenvalue weighted by molar-refractivity contribution is 6.14. The number of amides is 2. The Morgan fingerprint density at radius 2 is 1.58 bits per heavy atom. The number of hydrogen-bond donors (Lipinski definition) is 2. The van der Waals surface area contributed by atoms with Crippen molar-refractivity contribution in [2.24, 2.45) is 0 Å². The van der Waals surface area contributed by atoms with Gasteiger partial charge in [0.15, 0.2) is 0 Å². The van der Waals surface area contributed by atoms with Crippen LogP contribution in [0.3, 0.4) is 0 Å². The first kappa shape index (κ1) is 20.4. The fourth-order valence-electron chi connectivity index (χ4n) is 3.44. The van der Waals surface area contributed by atoms with E-state index in [0.717, 1.165) is 16.7 Å². The summed E-state index contributed by atoms with van der Waals surface area (Å²) in [5.74, 6) is -0.485. The van der Waals surface area contributed by atoms with Gasteiger partial charge in [0, 0.05) is 17.5 Å². The van der Waals surface area contributed by atoms with E-state index in [1.54, 1.807) is 6.07 Å². The minimum absolute atomic E-state index is 0.0903. The number of hydrogen-bond acceptors (Lipinski definition) is 3. The molecule has 0 aliphatic heterocycles. The van der Waals surface area contributed by atoms with Crippen LogP contribution in [0.5, 0.6) is 0 Å². The smallest absolute Gasteiger partial charge is 0.293 e. The van der Waals surface area contributed by atoms with Crippen LogP contribution >= 0.6 is 0 Å². The number of benzene rings is 3. The van der Waals surface area contributed by atoms with Crippen molar-refractivity contribution >= 4 is 34.2 Å². The molecule has 0 atom stereocenters. The number of anilines is 2. The van der Waals surface area contributed by atoms with Gasteiger partial charge in [-0.25, -0.2) is 0 Å². The van der Waals surface area contributed by atoms with Gasteiger partial charge in [-0.2, -0.15) is 0 Å².